The van der Waals surface area contributed by atoms with Crippen LogP contribution in [0, 0.1) is 29.6 Å². The monoisotopic (exact) mass is 304 g/mol. The van der Waals surface area contributed by atoms with E-state index in [2.05, 4.69) is 26.8 Å². The third-order valence-corrected chi connectivity index (χ3v) is 6.15. The van der Waals surface area contributed by atoms with E-state index >= 15 is 0 Å². The van der Waals surface area contributed by atoms with Gasteiger partial charge in [-0.1, -0.05) is 32.4 Å². The van der Waals surface area contributed by atoms with Crippen LogP contribution in [0.1, 0.15) is 47.0 Å². The lowest BCUT2D eigenvalue weighted by atomic mass is 9.62. The summed E-state index contributed by atoms with van der Waals surface area (Å²) in [6, 6.07) is 0. The Morgan fingerprint density at radius 1 is 1.36 bits per heavy atom. The zero-order valence-corrected chi connectivity index (χ0v) is 14.1. The van der Waals surface area contributed by atoms with Crippen molar-refractivity contribution in [1.82, 2.24) is 0 Å². The second-order valence-corrected chi connectivity index (χ2v) is 7.83. The van der Waals surface area contributed by atoms with Gasteiger partial charge < -0.3 is 9.84 Å². The maximum Gasteiger partial charge on any atom is 0.189 e. The van der Waals surface area contributed by atoms with Crippen LogP contribution in [-0.4, -0.2) is 22.8 Å². The van der Waals surface area contributed by atoms with Gasteiger partial charge in [0, 0.05) is 5.92 Å². The van der Waals surface area contributed by atoms with Crippen molar-refractivity contribution in [3.8, 4) is 0 Å². The summed E-state index contributed by atoms with van der Waals surface area (Å²) in [6.07, 6.45) is 7.70. The van der Waals surface area contributed by atoms with Crippen LogP contribution in [0.25, 0.3) is 0 Å². The molecule has 3 aliphatic rings. The van der Waals surface area contributed by atoms with Crippen molar-refractivity contribution in [2.45, 2.75) is 58.8 Å². The third kappa shape index (κ3) is 2.59. The van der Waals surface area contributed by atoms with Crippen molar-refractivity contribution in [2.24, 2.45) is 29.6 Å². The minimum Gasteiger partial charge on any atom is -0.362 e. The largest absolute Gasteiger partial charge is 0.362 e. The molecule has 1 aliphatic carbocycles. The quantitative estimate of drug-likeness (QED) is 0.754. The topological polar surface area (TPSA) is 46.5 Å². The fraction of sp³-hybridized carbons (Fsp3) is 0.737. The lowest BCUT2D eigenvalue weighted by Crippen LogP contribution is -2.51. The predicted octanol–water partition coefficient (Wildman–Crippen LogP) is 3.48. The van der Waals surface area contributed by atoms with E-state index in [1.807, 2.05) is 6.92 Å². The molecule has 0 radical (unpaired) electrons. The summed E-state index contributed by atoms with van der Waals surface area (Å²) in [5, 5.41) is 10.8. The lowest BCUT2D eigenvalue weighted by Gasteiger charge is -2.48. The molecule has 1 N–H and O–H groups in total. The van der Waals surface area contributed by atoms with Gasteiger partial charge in [0.15, 0.2) is 11.6 Å². The predicted molar refractivity (Wildman–Crippen MR) is 86.0 cm³/mol. The molecule has 0 aromatic rings. The highest BCUT2D eigenvalue weighted by atomic mass is 16.6. The number of rotatable bonds is 1. The molecular weight excluding hydrogens is 276 g/mol. The summed E-state index contributed by atoms with van der Waals surface area (Å²) >= 11 is 0. The van der Waals surface area contributed by atoms with E-state index in [9.17, 15) is 9.90 Å². The van der Waals surface area contributed by atoms with E-state index in [1.54, 1.807) is 6.08 Å². The van der Waals surface area contributed by atoms with E-state index in [-0.39, 0.29) is 11.7 Å². The van der Waals surface area contributed by atoms with Crippen molar-refractivity contribution in [2.75, 3.05) is 0 Å². The highest BCUT2D eigenvalue weighted by molar-refractivity contribution is 5.94. The number of carbonyl (C=O) groups is 1. The van der Waals surface area contributed by atoms with E-state index in [1.165, 1.54) is 11.6 Å². The Morgan fingerprint density at radius 2 is 2.09 bits per heavy atom. The average Bonchev–Trinajstić information content (AvgIpc) is 2.45. The smallest absolute Gasteiger partial charge is 0.189 e. The number of ether oxygens (including phenoxy) is 1. The van der Waals surface area contributed by atoms with Crippen molar-refractivity contribution < 1.29 is 14.6 Å². The standard InChI is InChI=1S/C19H28O3/c1-11(2)14-6-5-12(3)15-10-18-17(20)7-8-19(21,22-18)13(4)9-16(14)15/h5,7-8,11,13-16,18,21H,6,9-10H2,1-4H3/t13?,14-,15+,16-,18+,19?/m1/s1. The van der Waals surface area contributed by atoms with E-state index in [0.717, 1.165) is 12.8 Å². The molecule has 1 saturated heterocycles. The van der Waals surface area contributed by atoms with Gasteiger partial charge in [-0.05, 0) is 62.0 Å². The molecule has 22 heavy (non-hydrogen) atoms. The number of allylic oxidation sites excluding steroid dienone is 2. The molecule has 0 spiro atoms. The maximum absolute atomic E-state index is 12.2. The number of fused-ring (bicyclic) bond motifs is 3. The molecule has 2 unspecified atom stereocenters. The third-order valence-electron chi connectivity index (χ3n) is 6.15. The molecule has 3 heteroatoms. The summed E-state index contributed by atoms with van der Waals surface area (Å²) in [7, 11) is 0. The zero-order valence-electron chi connectivity index (χ0n) is 14.1. The van der Waals surface area contributed by atoms with Crippen LogP contribution in [0.5, 0.6) is 0 Å². The van der Waals surface area contributed by atoms with Gasteiger partial charge in [-0.25, -0.2) is 0 Å². The summed E-state index contributed by atoms with van der Waals surface area (Å²) in [5.41, 5.74) is 1.39. The molecular formula is C19H28O3. The molecule has 6 atom stereocenters. The number of aliphatic hydroxyl groups is 1. The Morgan fingerprint density at radius 3 is 2.77 bits per heavy atom. The van der Waals surface area contributed by atoms with Gasteiger partial charge in [0.05, 0.1) is 0 Å². The SMILES string of the molecule is CC1=CC[C@H](C(C)C)[C@H]2CC(C)C3(O)C=CC(=O)[C@H](C[C@@H]12)O3. The van der Waals surface area contributed by atoms with Crippen LogP contribution < -0.4 is 0 Å². The van der Waals surface area contributed by atoms with Crippen LogP contribution in [0.2, 0.25) is 0 Å². The van der Waals surface area contributed by atoms with E-state index < -0.39 is 11.9 Å². The Hall–Kier alpha value is -0.930. The molecule has 2 aliphatic heterocycles. The van der Waals surface area contributed by atoms with Gasteiger partial charge in [-0.2, -0.15) is 0 Å². The van der Waals surface area contributed by atoms with Crippen LogP contribution in [0.3, 0.4) is 0 Å². The number of carbonyl (C=O) groups excluding carboxylic acids is 1. The second-order valence-electron chi connectivity index (χ2n) is 7.83. The van der Waals surface area contributed by atoms with E-state index in [0.29, 0.717) is 30.1 Å². The van der Waals surface area contributed by atoms with Gasteiger partial charge in [0.25, 0.3) is 0 Å². The Balaban J connectivity index is 1.99. The summed E-state index contributed by atoms with van der Waals surface area (Å²) < 4.78 is 5.82. The Kier molecular flexibility index (Phi) is 4.07. The highest BCUT2D eigenvalue weighted by Crippen LogP contribution is 2.48. The molecule has 2 bridgehead atoms. The minimum atomic E-state index is -1.28. The van der Waals surface area contributed by atoms with Gasteiger partial charge >= 0.3 is 0 Å². The summed E-state index contributed by atoms with van der Waals surface area (Å²) in [6.45, 7) is 8.81. The molecule has 0 saturated carbocycles. The first kappa shape index (κ1) is 15.9. The Bertz CT molecular complexity index is 519. The first-order valence-corrected chi connectivity index (χ1v) is 8.61. The molecule has 2 heterocycles. The van der Waals surface area contributed by atoms with Crippen LogP contribution in [0.15, 0.2) is 23.8 Å². The molecule has 1 fully saturated rings. The maximum atomic E-state index is 12.2. The summed E-state index contributed by atoms with van der Waals surface area (Å²) in [4.78, 5) is 12.2. The van der Waals surface area contributed by atoms with Crippen molar-refractivity contribution in [3.63, 3.8) is 0 Å². The van der Waals surface area contributed by atoms with Gasteiger partial charge in [-0.15, -0.1) is 0 Å². The van der Waals surface area contributed by atoms with Crippen LogP contribution in [0.4, 0.5) is 0 Å². The molecule has 0 aromatic carbocycles. The van der Waals surface area contributed by atoms with Crippen LogP contribution in [-0.2, 0) is 9.53 Å². The first-order chi connectivity index (χ1) is 10.3. The normalized spacial score (nSPS) is 45.1. The van der Waals surface area contributed by atoms with Gasteiger partial charge in [0.1, 0.15) is 6.10 Å². The van der Waals surface area contributed by atoms with Crippen molar-refractivity contribution in [1.29, 1.82) is 0 Å². The molecule has 3 nitrogen and oxygen atoms in total. The Labute approximate surface area is 133 Å². The molecule has 3 rings (SSSR count). The van der Waals surface area contributed by atoms with Crippen molar-refractivity contribution in [3.05, 3.63) is 23.8 Å². The lowest BCUT2D eigenvalue weighted by molar-refractivity contribution is -0.240. The first-order valence-electron chi connectivity index (χ1n) is 8.61. The second kappa shape index (κ2) is 5.61. The highest BCUT2D eigenvalue weighted by Gasteiger charge is 2.48. The van der Waals surface area contributed by atoms with Gasteiger partial charge in [0.2, 0.25) is 0 Å². The number of hydrogen-bond donors (Lipinski definition) is 1. The fourth-order valence-corrected chi connectivity index (χ4v) is 4.64. The fourth-order valence-electron chi connectivity index (χ4n) is 4.64. The van der Waals surface area contributed by atoms with Crippen molar-refractivity contribution >= 4 is 5.78 Å². The summed E-state index contributed by atoms with van der Waals surface area (Å²) in [5.74, 6) is 0.880. The number of ketones is 1. The number of hydrogen-bond acceptors (Lipinski definition) is 3. The minimum absolute atomic E-state index is 0.000648. The van der Waals surface area contributed by atoms with Gasteiger partial charge in [-0.3, -0.25) is 4.79 Å². The van der Waals surface area contributed by atoms with Crippen LogP contribution >= 0.6 is 0 Å². The van der Waals surface area contributed by atoms with E-state index in [4.69, 9.17) is 4.74 Å². The zero-order chi connectivity index (χ0) is 16.1. The molecule has 122 valence electrons. The molecule has 0 amide bonds. The average molecular weight is 304 g/mol. The molecule has 0 aromatic heterocycles.